The molecule has 4 N–H and O–H groups in total. The lowest BCUT2D eigenvalue weighted by Crippen LogP contribution is -3.00. The van der Waals surface area contributed by atoms with Crippen LogP contribution in [0.1, 0.15) is 11.1 Å². The molecule has 162 valence electrons. The van der Waals surface area contributed by atoms with Gasteiger partial charge in [-0.15, -0.1) is 0 Å². The highest BCUT2D eigenvalue weighted by atomic mass is 127. The Morgan fingerprint density at radius 3 is 2.66 bits per heavy atom. The summed E-state index contributed by atoms with van der Waals surface area (Å²) >= 11 is 0. The largest absolute Gasteiger partial charge is 1.00 e. The molecule has 0 radical (unpaired) electrons. The molecule has 0 aliphatic heterocycles. The molecule has 3 aromatic heterocycles. The van der Waals surface area contributed by atoms with E-state index >= 15 is 0 Å². The second kappa shape index (κ2) is 8.62. The van der Waals surface area contributed by atoms with E-state index < -0.39 is 5.91 Å². The number of carbonyl (C=O) groups is 1. The van der Waals surface area contributed by atoms with Crippen molar-refractivity contribution in [1.29, 1.82) is 0 Å². The van der Waals surface area contributed by atoms with Crippen molar-refractivity contribution < 1.29 is 33.3 Å². The zero-order valence-corrected chi connectivity index (χ0v) is 19.9. The van der Waals surface area contributed by atoms with E-state index in [0.717, 1.165) is 50.4 Å². The number of para-hydroxylation sites is 2. The van der Waals surface area contributed by atoms with E-state index in [1.165, 1.54) is 0 Å². The lowest BCUT2D eigenvalue weighted by molar-refractivity contribution is -0.683. The van der Waals surface area contributed by atoms with Crippen LogP contribution in [-0.2, 0) is 11.3 Å². The molecule has 2 aromatic carbocycles. The summed E-state index contributed by atoms with van der Waals surface area (Å²) in [6.07, 6.45) is 7.55. The number of aryl methyl sites for hydroxylation is 2. The quantitative estimate of drug-likeness (QED) is 0.227. The number of hydrogen-bond donors (Lipinski definition) is 3. The lowest BCUT2D eigenvalue weighted by Gasteiger charge is -2.13. The number of halogens is 1. The number of hydrogen-bond acceptors (Lipinski definition) is 3. The molecule has 8 heteroatoms. The van der Waals surface area contributed by atoms with E-state index in [-0.39, 0.29) is 30.5 Å². The molecule has 0 aliphatic rings. The van der Waals surface area contributed by atoms with Gasteiger partial charge >= 0.3 is 0 Å². The van der Waals surface area contributed by atoms with Crippen molar-refractivity contribution in [2.45, 2.75) is 20.4 Å². The van der Waals surface area contributed by atoms with Gasteiger partial charge in [-0.3, -0.25) is 9.20 Å². The van der Waals surface area contributed by atoms with Crippen LogP contribution in [0, 0.1) is 13.8 Å². The average molecular weight is 538 g/mol. The third kappa shape index (κ3) is 3.81. The number of aromatic amines is 1. The Hall–Kier alpha value is -3.40. The number of nitrogens with two attached hydrogens (primary N) is 1. The topological polar surface area (TPSA) is 92.1 Å². The van der Waals surface area contributed by atoms with E-state index in [4.69, 9.17) is 10.7 Å². The SMILES string of the molecule is Cc1cccc(C)c1Nc1c(-c2c[nH]c3ccccc23)nc2c[n+](CC(N)=O)ccn12.[I-]. The molecule has 3 heterocycles. The molecule has 5 rings (SSSR count). The Labute approximate surface area is 202 Å². The van der Waals surface area contributed by atoms with Gasteiger partial charge in [0.1, 0.15) is 11.5 Å². The minimum absolute atomic E-state index is 0. The smallest absolute Gasteiger partial charge is 0.283 e. The molecule has 0 saturated heterocycles. The number of primary amides is 1. The van der Waals surface area contributed by atoms with E-state index in [2.05, 4.69) is 48.4 Å². The average Bonchev–Trinajstić information content (AvgIpc) is 3.31. The Bertz CT molecular complexity index is 1430. The van der Waals surface area contributed by atoms with Crippen LogP contribution in [-0.4, -0.2) is 20.3 Å². The van der Waals surface area contributed by atoms with Crippen molar-refractivity contribution in [3.63, 3.8) is 0 Å². The molecule has 5 aromatic rings. The van der Waals surface area contributed by atoms with Crippen LogP contribution in [0.15, 0.2) is 67.3 Å². The molecular formula is C24H23IN6O. The number of nitrogens with one attached hydrogen (secondary N) is 2. The summed E-state index contributed by atoms with van der Waals surface area (Å²) in [6, 6.07) is 14.4. The standard InChI is InChI=1S/C24H22N6O.HI/c1-15-6-5-7-16(2)22(15)28-24-23(18-12-26-19-9-4-3-8-17(18)19)27-21-14-29(13-20(25)31)10-11-30(21)24;/h3-12,14H,13H2,1-2H3,(H3,25,26,27,31);1H. The van der Waals surface area contributed by atoms with Crippen LogP contribution < -0.4 is 39.6 Å². The fraction of sp³-hybridized carbons (Fsp3) is 0.125. The third-order valence-electron chi connectivity index (χ3n) is 5.53. The van der Waals surface area contributed by atoms with E-state index in [1.54, 1.807) is 4.57 Å². The molecule has 32 heavy (non-hydrogen) atoms. The van der Waals surface area contributed by atoms with Gasteiger partial charge < -0.3 is 40.0 Å². The van der Waals surface area contributed by atoms with Crippen molar-refractivity contribution in [2.24, 2.45) is 5.73 Å². The van der Waals surface area contributed by atoms with E-state index in [9.17, 15) is 4.79 Å². The Balaban J connectivity index is 0.00000245. The van der Waals surface area contributed by atoms with Crippen LogP contribution in [0.5, 0.6) is 0 Å². The van der Waals surface area contributed by atoms with E-state index in [0.29, 0.717) is 0 Å². The molecule has 0 spiro atoms. The first-order valence-corrected chi connectivity index (χ1v) is 10.1. The van der Waals surface area contributed by atoms with Crippen LogP contribution in [0.4, 0.5) is 11.5 Å². The maximum atomic E-state index is 11.4. The molecule has 7 nitrogen and oxygen atoms in total. The Morgan fingerprint density at radius 1 is 1.16 bits per heavy atom. The van der Waals surface area contributed by atoms with Crippen LogP contribution >= 0.6 is 0 Å². The van der Waals surface area contributed by atoms with Crippen molar-refractivity contribution in [2.75, 3.05) is 5.32 Å². The summed E-state index contributed by atoms with van der Waals surface area (Å²) in [5.74, 6) is 0.468. The summed E-state index contributed by atoms with van der Waals surface area (Å²) in [5.41, 5.74) is 12.3. The van der Waals surface area contributed by atoms with Crippen molar-refractivity contribution in [3.05, 3.63) is 78.4 Å². The van der Waals surface area contributed by atoms with Crippen LogP contribution in [0.2, 0.25) is 0 Å². The second-order valence-electron chi connectivity index (χ2n) is 7.74. The molecule has 0 aliphatic carbocycles. The predicted molar refractivity (Wildman–Crippen MR) is 121 cm³/mol. The molecule has 0 bridgehead atoms. The number of H-pyrrole nitrogens is 1. The van der Waals surface area contributed by atoms with Gasteiger partial charge in [-0.25, -0.2) is 4.98 Å². The fourth-order valence-corrected chi connectivity index (χ4v) is 4.02. The molecular weight excluding hydrogens is 515 g/mol. The first kappa shape index (κ1) is 21.8. The number of rotatable bonds is 5. The third-order valence-corrected chi connectivity index (χ3v) is 5.53. The molecule has 0 saturated carbocycles. The monoisotopic (exact) mass is 538 g/mol. The highest BCUT2D eigenvalue weighted by Gasteiger charge is 2.20. The minimum atomic E-state index is -0.397. The van der Waals surface area contributed by atoms with Gasteiger partial charge in [-0.1, -0.05) is 36.4 Å². The molecule has 1 amide bonds. The van der Waals surface area contributed by atoms with Gasteiger partial charge in [0.25, 0.3) is 5.91 Å². The van der Waals surface area contributed by atoms with Crippen LogP contribution in [0.3, 0.4) is 0 Å². The molecule has 0 atom stereocenters. The summed E-state index contributed by atoms with van der Waals surface area (Å²) in [5, 5.41) is 4.73. The number of aromatic nitrogens is 4. The van der Waals surface area contributed by atoms with E-state index in [1.807, 2.05) is 47.4 Å². The second-order valence-corrected chi connectivity index (χ2v) is 7.74. The summed E-state index contributed by atoms with van der Waals surface area (Å²) in [4.78, 5) is 19.7. The maximum Gasteiger partial charge on any atom is 0.283 e. The normalized spacial score (nSPS) is 10.9. The Kier molecular flexibility index (Phi) is 5.88. The number of carbonyl (C=O) groups excluding carboxylic acids is 1. The number of anilines is 2. The predicted octanol–water partition coefficient (Wildman–Crippen LogP) is 0.620. The van der Waals surface area contributed by atoms with Gasteiger partial charge in [0.05, 0.1) is 6.20 Å². The lowest BCUT2D eigenvalue weighted by atomic mass is 10.1. The molecule has 0 unspecified atom stereocenters. The number of nitrogens with zero attached hydrogens (tertiary/aromatic N) is 3. The number of amides is 1. The number of fused-ring (bicyclic) bond motifs is 2. The molecule has 0 fully saturated rings. The highest BCUT2D eigenvalue weighted by molar-refractivity contribution is 5.98. The first-order chi connectivity index (χ1) is 15.0. The summed E-state index contributed by atoms with van der Waals surface area (Å²) in [6.45, 7) is 4.28. The number of imidazole rings is 1. The summed E-state index contributed by atoms with van der Waals surface area (Å²) < 4.78 is 3.74. The van der Waals surface area contributed by atoms with Crippen molar-refractivity contribution >= 4 is 34.0 Å². The van der Waals surface area contributed by atoms with Gasteiger partial charge in [-0.05, 0) is 31.0 Å². The highest BCUT2D eigenvalue weighted by Crippen LogP contribution is 2.36. The first-order valence-electron chi connectivity index (χ1n) is 10.1. The van der Waals surface area contributed by atoms with Gasteiger partial charge in [0, 0.05) is 28.4 Å². The summed E-state index contributed by atoms with van der Waals surface area (Å²) in [7, 11) is 0. The van der Waals surface area contributed by atoms with Crippen molar-refractivity contribution in [1.82, 2.24) is 14.4 Å². The Morgan fingerprint density at radius 2 is 1.91 bits per heavy atom. The zero-order valence-electron chi connectivity index (χ0n) is 17.8. The zero-order chi connectivity index (χ0) is 21.5. The minimum Gasteiger partial charge on any atom is -1.00 e. The van der Waals surface area contributed by atoms with Gasteiger partial charge in [-0.2, -0.15) is 4.57 Å². The fourth-order valence-electron chi connectivity index (χ4n) is 4.02. The number of benzene rings is 2. The van der Waals surface area contributed by atoms with Gasteiger partial charge in [0.15, 0.2) is 6.20 Å². The van der Waals surface area contributed by atoms with Crippen molar-refractivity contribution in [3.8, 4) is 11.3 Å². The van der Waals surface area contributed by atoms with Gasteiger partial charge in [0.2, 0.25) is 18.4 Å². The maximum absolute atomic E-state index is 11.4. The van der Waals surface area contributed by atoms with Crippen LogP contribution in [0.25, 0.3) is 27.8 Å².